The summed E-state index contributed by atoms with van der Waals surface area (Å²) in [6.45, 7) is 4.42. The fraction of sp³-hybridized carbons (Fsp3) is 0.571. The number of hydrogen-bond donors (Lipinski definition) is 1. The van der Waals surface area contributed by atoms with E-state index in [0.29, 0.717) is 6.54 Å². The van der Waals surface area contributed by atoms with E-state index in [0.717, 1.165) is 31.5 Å². The highest BCUT2D eigenvalue weighted by atomic mass is 16.2. The highest BCUT2D eigenvalue weighted by Crippen LogP contribution is 2.12. The van der Waals surface area contributed by atoms with Crippen molar-refractivity contribution < 1.29 is 4.79 Å². The van der Waals surface area contributed by atoms with Crippen LogP contribution in [0, 0.1) is 0 Å². The van der Waals surface area contributed by atoms with Crippen molar-refractivity contribution in [2.24, 2.45) is 0 Å². The van der Waals surface area contributed by atoms with Gasteiger partial charge in [-0.25, -0.2) is 0 Å². The molecule has 2 heterocycles. The van der Waals surface area contributed by atoms with Gasteiger partial charge in [-0.2, -0.15) is 0 Å². The Balaban J connectivity index is 1.97. The highest BCUT2D eigenvalue weighted by molar-refractivity contribution is 5.82. The van der Waals surface area contributed by atoms with Crippen LogP contribution < -0.4 is 5.32 Å². The standard InChI is InChI=1S/C14H21N3O/c1-2-17(11-12-6-9-15-10-7-12)14(18)13-5-3-4-8-16-13/h6-7,9-10,13,16H,2-5,8,11H2,1H3/t13-/m0/s1. The number of nitrogens with one attached hydrogen (secondary N) is 1. The van der Waals surface area contributed by atoms with Crippen LogP contribution in [0.1, 0.15) is 31.7 Å². The molecule has 1 aliphatic heterocycles. The Morgan fingerprint density at radius 2 is 2.22 bits per heavy atom. The van der Waals surface area contributed by atoms with Crippen molar-refractivity contribution in [3.63, 3.8) is 0 Å². The van der Waals surface area contributed by atoms with Crippen LogP contribution in [-0.4, -0.2) is 34.9 Å². The lowest BCUT2D eigenvalue weighted by Crippen LogP contribution is -2.48. The number of aromatic nitrogens is 1. The largest absolute Gasteiger partial charge is 0.337 e. The van der Waals surface area contributed by atoms with E-state index in [9.17, 15) is 4.79 Å². The van der Waals surface area contributed by atoms with Crippen LogP contribution in [0.4, 0.5) is 0 Å². The first kappa shape index (κ1) is 13.0. The summed E-state index contributed by atoms with van der Waals surface area (Å²) >= 11 is 0. The molecule has 0 spiro atoms. The molecule has 1 N–H and O–H groups in total. The number of carbonyl (C=O) groups is 1. The van der Waals surface area contributed by atoms with Crippen molar-refractivity contribution in [3.05, 3.63) is 30.1 Å². The summed E-state index contributed by atoms with van der Waals surface area (Å²) in [5.74, 6) is 0.231. The third-order valence-corrected chi connectivity index (χ3v) is 3.42. The fourth-order valence-corrected chi connectivity index (χ4v) is 2.34. The number of likely N-dealkylation sites (N-methyl/N-ethyl adjacent to an activating group) is 1. The molecule has 1 atom stereocenters. The summed E-state index contributed by atoms with van der Waals surface area (Å²) in [6, 6.07) is 3.94. The Labute approximate surface area is 108 Å². The van der Waals surface area contributed by atoms with Crippen LogP contribution >= 0.6 is 0 Å². The predicted octanol–water partition coefficient (Wildman–Crippen LogP) is 1.57. The van der Waals surface area contributed by atoms with Gasteiger partial charge in [0.2, 0.25) is 5.91 Å². The lowest BCUT2D eigenvalue weighted by molar-refractivity contribution is -0.134. The molecule has 0 aromatic carbocycles. The van der Waals surface area contributed by atoms with Crippen LogP contribution in [0.2, 0.25) is 0 Å². The summed E-state index contributed by atoms with van der Waals surface area (Å²) in [7, 11) is 0. The van der Waals surface area contributed by atoms with Gasteiger partial charge in [-0.3, -0.25) is 9.78 Å². The number of rotatable bonds is 4. The average molecular weight is 247 g/mol. The normalized spacial score (nSPS) is 19.5. The molecule has 2 rings (SSSR count). The molecule has 1 saturated heterocycles. The first-order valence-electron chi connectivity index (χ1n) is 6.72. The van der Waals surface area contributed by atoms with E-state index in [2.05, 4.69) is 10.3 Å². The van der Waals surface area contributed by atoms with Crippen LogP contribution in [-0.2, 0) is 11.3 Å². The van der Waals surface area contributed by atoms with Gasteiger partial charge in [0.05, 0.1) is 6.04 Å². The first-order valence-corrected chi connectivity index (χ1v) is 6.72. The van der Waals surface area contributed by atoms with Gasteiger partial charge in [0.25, 0.3) is 0 Å². The van der Waals surface area contributed by atoms with Gasteiger partial charge in [0, 0.05) is 25.5 Å². The van der Waals surface area contributed by atoms with Crippen molar-refractivity contribution >= 4 is 5.91 Å². The summed E-state index contributed by atoms with van der Waals surface area (Å²) in [5.41, 5.74) is 1.14. The molecule has 1 aromatic rings. The Hall–Kier alpha value is -1.42. The van der Waals surface area contributed by atoms with Crippen molar-refractivity contribution in [2.75, 3.05) is 13.1 Å². The van der Waals surface area contributed by atoms with Crippen LogP contribution in [0.15, 0.2) is 24.5 Å². The van der Waals surface area contributed by atoms with Crippen molar-refractivity contribution in [1.82, 2.24) is 15.2 Å². The Morgan fingerprint density at radius 1 is 1.44 bits per heavy atom. The van der Waals surface area contributed by atoms with Crippen LogP contribution in [0.3, 0.4) is 0 Å². The molecule has 1 aromatic heterocycles. The van der Waals surface area contributed by atoms with Crippen molar-refractivity contribution in [1.29, 1.82) is 0 Å². The minimum Gasteiger partial charge on any atom is -0.337 e. The Morgan fingerprint density at radius 3 is 2.83 bits per heavy atom. The van der Waals surface area contributed by atoms with E-state index < -0.39 is 0 Å². The lowest BCUT2D eigenvalue weighted by Gasteiger charge is -2.29. The number of hydrogen-bond acceptors (Lipinski definition) is 3. The van der Waals surface area contributed by atoms with Crippen molar-refractivity contribution in [3.8, 4) is 0 Å². The molecule has 0 saturated carbocycles. The number of carbonyl (C=O) groups excluding carboxylic acids is 1. The molecule has 1 fully saturated rings. The van der Waals surface area contributed by atoms with Gasteiger partial charge >= 0.3 is 0 Å². The summed E-state index contributed by atoms with van der Waals surface area (Å²) < 4.78 is 0. The molecular weight excluding hydrogens is 226 g/mol. The quantitative estimate of drug-likeness (QED) is 0.878. The second-order valence-corrected chi connectivity index (χ2v) is 4.71. The molecule has 98 valence electrons. The lowest BCUT2D eigenvalue weighted by atomic mass is 10.0. The molecule has 4 nitrogen and oxygen atoms in total. The van der Waals surface area contributed by atoms with E-state index in [1.165, 1.54) is 6.42 Å². The molecule has 1 aliphatic rings. The van der Waals surface area contributed by atoms with E-state index in [4.69, 9.17) is 0 Å². The van der Waals surface area contributed by atoms with Gasteiger partial charge in [-0.15, -0.1) is 0 Å². The zero-order valence-corrected chi connectivity index (χ0v) is 10.9. The predicted molar refractivity (Wildman–Crippen MR) is 71.0 cm³/mol. The first-order chi connectivity index (χ1) is 8.81. The molecule has 18 heavy (non-hydrogen) atoms. The van der Waals surface area contributed by atoms with Gasteiger partial charge in [0.15, 0.2) is 0 Å². The van der Waals surface area contributed by atoms with E-state index >= 15 is 0 Å². The summed E-state index contributed by atoms with van der Waals surface area (Å²) in [6.07, 6.45) is 6.83. The molecule has 0 aliphatic carbocycles. The minimum atomic E-state index is 0.0144. The summed E-state index contributed by atoms with van der Waals surface area (Å²) in [5, 5.41) is 3.32. The van der Waals surface area contributed by atoms with Crippen LogP contribution in [0.5, 0.6) is 0 Å². The van der Waals surface area contributed by atoms with Gasteiger partial charge in [0.1, 0.15) is 0 Å². The van der Waals surface area contributed by atoms with E-state index in [-0.39, 0.29) is 11.9 Å². The maximum atomic E-state index is 12.4. The number of pyridine rings is 1. The second-order valence-electron chi connectivity index (χ2n) is 4.71. The Bertz CT molecular complexity index is 374. The van der Waals surface area contributed by atoms with E-state index in [1.54, 1.807) is 12.4 Å². The third-order valence-electron chi connectivity index (χ3n) is 3.42. The molecule has 1 amide bonds. The molecule has 0 unspecified atom stereocenters. The van der Waals surface area contributed by atoms with Gasteiger partial charge in [-0.05, 0) is 44.0 Å². The van der Waals surface area contributed by atoms with Crippen LogP contribution in [0.25, 0.3) is 0 Å². The van der Waals surface area contributed by atoms with E-state index in [1.807, 2.05) is 24.0 Å². The fourth-order valence-electron chi connectivity index (χ4n) is 2.34. The summed E-state index contributed by atoms with van der Waals surface area (Å²) in [4.78, 5) is 18.3. The smallest absolute Gasteiger partial charge is 0.239 e. The minimum absolute atomic E-state index is 0.0144. The Kier molecular flexibility index (Phi) is 4.70. The maximum Gasteiger partial charge on any atom is 0.239 e. The SMILES string of the molecule is CCN(Cc1ccncc1)C(=O)[C@@H]1CCCCN1. The molecule has 0 radical (unpaired) electrons. The van der Waals surface area contributed by atoms with Gasteiger partial charge < -0.3 is 10.2 Å². The maximum absolute atomic E-state index is 12.4. The monoisotopic (exact) mass is 247 g/mol. The zero-order valence-electron chi connectivity index (χ0n) is 10.9. The highest BCUT2D eigenvalue weighted by Gasteiger charge is 2.24. The second kappa shape index (κ2) is 6.50. The topological polar surface area (TPSA) is 45.2 Å². The molecule has 4 heteroatoms. The third kappa shape index (κ3) is 3.29. The van der Waals surface area contributed by atoms with Gasteiger partial charge in [-0.1, -0.05) is 6.42 Å². The number of amides is 1. The molecule has 0 bridgehead atoms. The van der Waals surface area contributed by atoms with Crippen molar-refractivity contribution in [2.45, 2.75) is 38.8 Å². The number of piperidine rings is 1. The number of nitrogens with zero attached hydrogens (tertiary/aromatic N) is 2. The average Bonchev–Trinajstić information content (AvgIpc) is 2.46. The molecular formula is C14H21N3O. The zero-order chi connectivity index (χ0) is 12.8.